The lowest BCUT2D eigenvalue weighted by Crippen LogP contribution is -2.47. The molecular formula is C21H20F5N3O5. The summed E-state index contributed by atoms with van der Waals surface area (Å²) >= 11 is 0. The number of alkyl halides is 3. The first-order valence-electron chi connectivity index (χ1n) is 11.1. The number of methoxy groups -OCH3 is 1. The molecule has 184 valence electrons. The zero-order chi connectivity index (χ0) is 28.1. The van der Waals surface area contributed by atoms with E-state index >= 15 is 0 Å². The third kappa shape index (κ3) is 4.11. The first-order chi connectivity index (χ1) is 16.9. The van der Waals surface area contributed by atoms with E-state index in [1.807, 2.05) is 0 Å². The van der Waals surface area contributed by atoms with Crippen LogP contribution in [0.5, 0.6) is 5.75 Å². The van der Waals surface area contributed by atoms with Crippen LogP contribution in [0.1, 0.15) is 39.9 Å². The Morgan fingerprint density at radius 2 is 2.00 bits per heavy atom. The Morgan fingerprint density at radius 3 is 2.59 bits per heavy atom. The average molecular weight is 492 g/mol. The molecule has 34 heavy (non-hydrogen) atoms. The second-order valence-electron chi connectivity index (χ2n) is 7.77. The Kier molecular flexibility index (Phi) is 5.40. The second kappa shape index (κ2) is 8.70. The molecule has 0 unspecified atom stereocenters. The Hall–Kier alpha value is -3.48. The zero-order valence-corrected chi connectivity index (χ0v) is 17.6. The standard InChI is InChI=1S/C21H20F5N3O5/c1-9-14(11-4-5-12(22)15(23)16(11)33-3)17(34-20(9,2)21(24,25)26)19(31)28-10-6-7-29(32)13(8-10)18(27)30/h4-9,14,17,32H,1-3H3,(H2,27,30)/t9-,14+,17+,20-/m1/s1/i3D3. The van der Waals surface area contributed by atoms with E-state index in [4.69, 9.17) is 14.6 Å². The topological polar surface area (TPSA) is 116 Å². The van der Waals surface area contributed by atoms with Crippen LogP contribution < -0.4 is 15.8 Å². The number of benzene rings is 1. The van der Waals surface area contributed by atoms with E-state index in [9.17, 15) is 36.7 Å². The first-order valence-corrected chi connectivity index (χ1v) is 9.59. The lowest BCUT2D eigenvalue weighted by Gasteiger charge is -2.32. The number of amides is 2. The molecule has 0 aliphatic carbocycles. The molecule has 2 heterocycles. The lowest BCUT2D eigenvalue weighted by molar-refractivity contribution is -0.272. The smallest absolute Gasteiger partial charge is 0.417 e. The maximum absolute atomic E-state index is 14.6. The maximum atomic E-state index is 14.6. The van der Waals surface area contributed by atoms with Gasteiger partial charge in [0.15, 0.2) is 17.2 Å². The van der Waals surface area contributed by atoms with E-state index in [2.05, 4.69) is 9.73 Å². The van der Waals surface area contributed by atoms with Gasteiger partial charge in [-0.25, -0.2) is 9.38 Å². The SMILES string of the molecule is [2H]C([2H])([2H])Oc1c([C@H]2[C@@H](C(=O)N=c3ccn(O)c(C(N)=O)c3)O[C@@](C)(C(F)(F)F)[C@@H]2C)ccc(F)c1F. The summed E-state index contributed by atoms with van der Waals surface area (Å²) in [6.07, 6.45) is -6.25. The number of nitrogens with two attached hydrogens (primary N) is 1. The number of carbonyl (C=O) groups excluding carboxylic acids is 2. The van der Waals surface area contributed by atoms with Crippen LogP contribution in [0.25, 0.3) is 0 Å². The minimum absolute atomic E-state index is 0.302. The average Bonchev–Trinajstić information content (AvgIpc) is 3.04. The van der Waals surface area contributed by atoms with Gasteiger partial charge >= 0.3 is 6.18 Å². The second-order valence-corrected chi connectivity index (χ2v) is 7.77. The third-order valence-corrected chi connectivity index (χ3v) is 5.86. The van der Waals surface area contributed by atoms with Crippen molar-refractivity contribution in [1.82, 2.24) is 4.73 Å². The van der Waals surface area contributed by atoms with E-state index < -0.39 is 77.2 Å². The monoisotopic (exact) mass is 492 g/mol. The van der Waals surface area contributed by atoms with Crippen molar-refractivity contribution in [2.24, 2.45) is 16.6 Å². The van der Waals surface area contributed by atoms with E-state index in [1.54, 1.807) is 0 Å². The molecule has 1 aromatic carbocycles. The minimum Gasteiger partial charge on any atom is -0.493 e. The fourth-order valence-corrected chi connectivity index (χ4v) is 3.85. The quantitative estimate of drug-likeness (QED) is 0.503. The van der Waals surface area contributed by atoms with E-state index in [0.29, 0.717) is 17.7 Å². The van der Waals surface area contributed by atoms with Crippen molar-refractivity contribution in [1.29, 1.82) is 0 Å². The van der Waals surface area contributed by atoms with Crippen LogP contribution >= 0.6 is 0 Å². The highest BCUT2D eigenvalue weighted by molar-refractivity contribution is 5.91. The molecule has 0 radical (unpaired) electrons. The fourth-order valence-electron chi connectivity index (χ4n) is 3.85. The molecule has 2 aromatic rings. The number of halogens is 5. The zero-order valence-electron chi connectivity index (χ0n) is 20.6. The summed E-state index contributed by atoms with van der Waals surface area (Å²) in [5.41, 5.74) is 1.03. The third-order valence-electron chi connectivity index (χ3n) is 5.86. The van der Waals surface area contributed by atoms with Crippen molar-refractivity contribution in [2.75, 3.05) is 7.04 Å². The lowest BCUT2D eigenvalue weighted by atomic mass is 9.77. The Labute approximate surface area is 193 Å². The van der Waals surface area contributed by atoms with Crippen LogP contribution in [0.3, 0.4) is 0 Å². The summed E-state index contributed by atoms with van der Waals surface area (Å²) in [7, 11) is -3.32. The highest BCUT2D eigenvalue weighted by atomic mass is 19.4. The molecular weight excluding hydrogens is 469 g/mol. The highest BCUT2D eigenvalue weighted by Gasteiger charge is 2.65. The minimum atomic E-state index is -5.06. The number of hydrogen-bond acceptors (Lipinski definition) is 5. The summed E-state index contributed by atoms with van der Waals surface area (Å²) in [6.45, 7) is 1.68. The van der Waals surface area contributed by atoms with Crippen LogP contribution in [0.4, 0.5) is 22.0 Å². The normalized spacial score (nSPS) is 27.1. The molecule has 4 atom stereocenters. The van der Waals surface area contributed by atoms with Gasteiger partial charge in [0.25, 0.3) is 11.8 Å². The Bertz CT molecular complexity index is 1310. The number of primary amides is 1. The largest absolute Gasteiger partial charge is 0.493 e. The van der Waals surface area contributed by atoms with Gasteiger partial charge in [0.05, 0.1) is 16.5 Å². The van der Waals surface area contributed by atoms with Crippen molar-refractivity contribution in [3.63, 3.8) is 0 Å². The molecule has 13 heteroatoms. The van der Waals surface area contributed by atoms with Crippen LogP contribution in [0, 0.1) is 17.6 Å². The summed E-state index contributed by atoms with van der Waals surface area (Å²) in [6, 6.07) is 3.25. The molecule has 1 aliphatic rings. The summed E-state index contributed by atoms with van der Waals surface area (Å²) in [5.74, 6) is -10.3. The summed E-state index contributed by atoms with van der Waals surface area (Å²) in [5, 5.41) is 9.32. The molecule has 3 N–H and O–H groups in total. The van der Waals surface area contributed by atoms with Crippen LogP contribution in [-0.2, 0) is 9.53 Å². The van der Waals surface area contributed by atoms with Crippen LogP contribution in [0.15, 0.2) is 35.5 Å². The fraction of sp³-hybridized carbons (Fsp3) is 0.381. The molecule has 0 bridgehead atoms. The predicted octanol–water partition coefficient (Wildman–Crippen LogP) is 2.68. The highest BCUT2D eigenvalue weighted by Crippen LogP contribution is 2.55. The number of carbonyl (C=O) groups is 2. The number of hydrogen-bond donors (Lipinski definition) is 2. The van der Waals surface area contributed by atoms with Crippen molar-refractivity contribution < 1.29 is 50.3 Å². The summed E-state index contributed by atoms with van der Waals surface area (Å²) in [4.78, 5) is 28.2. The number of aromatic nitrogens is 1. The van der Waals surface area contributed by atoms with E-state index in [-0.39, 0.29) is 5.36 Å². The molecule has 1 fully saturated rings. The number of nitrogens with zero attached hydrogens (tertiary/aromatic N) is 2. The van der Waals surface area contributed by atoms with Gasteiger partial charge in [0.2, 0.25) is 5.82 Å². The molecule has 2 amide bonds. The van der Waals surface area contributed by atoms with Crippen LogP contribution in [-0.4, -0.2) is 46.7 Å². The van der Waals surface area contributed by atoms with Crippen molar-refractivity contribution >= 4 is 11.8 Å². The van der Waals surface area contributed by atoms with Crippen molar-refractivity contribution in [3.05, 3.63) is 58.7 Å². The molecule has 1 aromatic heterocycles. The first kappa shape index (κ1) is 21.1. The number of pyridine rings is 1. The molecule has 8 nitrogen and oxygen atoms in total. The number of rotatable bonds is 4. The molecule has 1 aliphatic heterocycles. The van der Waals surface area contributed by atoms with Gasteiger partial charge in [-0.1, -0.05) is 13.0 Å². The van der Waals surface area contributed by atoms with E-state index in [0.717, 1.165) is 31.3 Å². The van der Waals surface area contributed by atoms with Crippen LogP contribution in [0.2, 0.25) is 0 Å². The number of ether oxygens (including phenoxy) is 2. The van der Waals surface area contributed by atoms with Gasteiger partial charge in [-0.3, -0.25) is 9.59 Å². The van der Waals surface area contributed by atoms with Gasteiger partial charge in [0.1, 0.15) is 11.8 Å². The van der Waals surface area contributed by atoms with Gasteiger partial charge in [0, 0.05) is 23.6 Å². The van der Waals surface area contributed by atoms with E-state index in [1.165, 1.54) is 0 Å². The molecule has 0 spiro atoms. The van der Waals surface area contributed by atoms with Gasteiger partial charge in [-0.05, 0) is 25.1 Å². The van der Waals surface area contributed by atoms with Crippen molar-refractivity contribution in [2.45, 2.75) is 37.6 Å². The Morgan fingerprint density at radius 1 is 1.32 bits per heavy atom. The predicted molar refractivity (Wildman–Crippen MR) is 105 cm³/mol. The van der Waals surface area contributed by atoms with Gasteiger partial charge in [-0.2, -0.15) is 22.3 Å². The summed E-state index contributed by atoms with van der Waals surface area (Å²) < 4.78 is 103. The Balaban J connectivity index is 2.22. The van der Waals surface area contributed by atoms with Crippen molar-refractivity contribution in [3.8, 4) is 5.75 Å². The molecule has 3 rings (SSSR count). The molecule has 0 saturated carbocycles. The van der Waals surface area contributed by atoms with Gasteiger partial charge in [-0.15, -0.1) is 0 Å². The van der Waals surface area contributed by atoms with Gasteiger partial charge < -0.3 is 20.4 Å². The maximum Gasteiger partial charge on any atom is 0.417 e. The molecule has 1 saturated heterocycles.